The number of hydrogen-bond acceptors (Lipinski definition) is 6. The van der Waals surface area contributed by atoms with Gasteiger partial charge in [0, 0.05) is 38.6 Å². The molecule has 0 bridgehead atoms. The molecule has 26 heavy (non-hydrogen) atoms. The molecular formula is C18H29N5O3. The van der Waals surface area contributed by atoms with Gasteiger partial charge in [-0.1, -0.05) is 13.8 Å². The van der Waals surface area contributed by atoms with Crippen molar-refractivity contribution in [2.24, 2.45) is 5.92 Å². The highest BCUT2D eigenvalue weighted by molar-refractivity contribution is 5.86. The maximum atomic E-state index is 12.9. The second-order valence-electron chi connectivity index (χ2n) is 7.73. The van der Waals surface area contributed by atoms with Crippen LogP contribution in [-0.2, 0) is 9.53 Å². The summed E-state index contributed by atoms with van der Waals surface area (Å²) in [5, 5.41) is 2.72. The van der Waals surface area contributed by atoms with Crippen molar-refractivity contribution < 1.29 is 14.3 Å². The van der Waals surface area contributed by atoms with Crippen molar-refractivity contribution in [3.05, 3.63) is 18.5 Å². The fourth-order valence-electron chi connectivity index (χ4n) is 2.73. The summed E-state index contributed by atoms with van der Waals surface area (Å²) in [5.74, 6) is 0.553. The minimum atomic E-state index is -0.607. The van der Waals surface area contributed by atoms with Gasteiger partial charge in [0.2, 0.25) is 11.9 Å². The lowest BCUT2D eigenvalue weighted by molar-refractivity contribution is -0.134. The number of amides is 2. The number of carbonyl (C=O) groups is 2. The molecule has 8 heteroatoms. The fraction of sp³-hybridized carbons (Fsp3) is 0.667. The first-order chi connectivity index (χ1) is 12.2. The zero-order valence-corrected chi connectivity index (χ0v) is 16.2. The Morgan fingerprint density at radius 1 is 1.12 bits per heavy atom. The molecule has 1 N–H and O–H groups in total. The van der Waals surface area contributed by atoms with Gasteiger partial charge in [-0.2, -0.15) is 0 Å². The van der Waals surface area contributed by atoms with Crippen LogP contribution in [0.15, 0.2) is 18.5 Å². The summed E-state index contributed by atoms with van der Waals surface area (Å²) in [6.45, 7) is 11.7. The van der Waals surface area contributed by atoms with E-state index in [4.69, 9.17) is 4.74 Å². The van der Waals surface area contributed by atoms with Crippen molar-refractivity contribution in [3.63, 3.8) is 0 Å². The number of hydrogen-bond donors (Lipinski definition) is 1. The maximum absolute atomic E-state index is 12.9. The van der Waals surface area contributed by atoms with Crippen molar-refractivity contribution in [1.29, 1.82) is 0 Å². The van der Waals surface area contributed by atoms with Gasteiger partial charge in [0.15, 0.2) is 0 Å². The van der Waals surface area contributed by atoms with Gasteiger partial charge < -0.3 is 19.9 Å². The minimum absolute atomic E-state index is 0.0366. The highest BCUT2D eigenvalue weighted by Crippen LogP contribution is 2.14. The number of ether oxygens (including phenoxy) is 1. The van der Waals surface area contributed by atoms with E-state index < -0.39 is 17.7 Å². The minimum Gasteiger partial charge on any atom is -0.444 e. The maximum Gasteiger partial charge on any atom is 0.408 e. The van der Waals surface area contributed by atoms with Crippen LogP contribution in [0.1, 0.15) is 34.6 Å². The lowest BCUT2D eigenvalue weighted by atomic mass is 10.0. The topological polar surface area (TPSA) is 87.7 Å². The molecule has 1 unspecified atom stereocenters. The Balaban J connectivity index is 1.94. The van der Waals surface area contributed by atoms with Crippen molar-refractivity contribution in [3.8, 4) is 0 Å². The highest BCUT2D eigenvalue weighted by atomic mass is 16.6. The van der Waals surface area contributed by atoms with Crippen molar-refractivity contribution in [1.82, 2.24) is 20.2 Å². The van der Waals surface area contributed by atoms with Crippen molar-refractivity contribution in [2.75, 3.05) is 31.1 Å². The molecule has 1 aromatic rings. The third-order valence-corrected chi connectivity index (χ3v) is 4.03. The number of nitrogens with zero attached hydrogens (tertiary/aromatic N) is 4. The van der Waals surface area contributed by atoms with Gasteiger partial charge in [-0.3, -0.25) is 4.79 Å². The second kappa shape index (κ2) is 8.33. The van der Waals surface area contributed by atoms with E-state index in [1.54, 1.807) is 44.1 Å². The highest BCUT2D eigenvalue weighted by Gasteiger charge is 2.32. The summed E-state index contributed by atoms with van der Waals surface area (Å²) < 4.78 is 5.29. The molecule has 2 rings (SSSR count). The number of piperazine rings is 1. The van der Waals surface area contributed by atoms with Gasteiger partial charge >= 0.3 is 6.09 Å². The normalized spacial score (nSPS) is 16.4. The van der Waals surface area contributed by atoms with E-state index in [1.165, 1.54) is 0 Å². The molecule has 0 spiro atoms. The van der Waals surface area contributed by atoms with Crippen LogP contribution < -0.4 is 10.2 Å². The number of aromatic nitrogens is 2. The van der Waals surface area contributed by atoms with Crippen LogP contribution in [0.4, 0.5) is 10.7 Å². The zero-order chi connectivity index (χ0) is 19.3. The van der Waals surface area contributed by atoms with E-state index in [0.717, 1.165) is 0 Å². The van der Waals surface area contributed by atoms with Crippen LogP contribution in [0.5, 0.6) is 0 Å². The molecule has 8 nitrogen and oxygen atoms in total. The predicted molar refractivity (Wildman–Crippen MR) is 98.8 cm³/mol. The predicted octanol–water partition coefficient (Wildman–Crippen LogP) is 1.67. The Kier molecular flexibility index (Phi) is 6.39. The molecule has 0 aromatic carbocycles. The molecule has 2 heterocycles. The van der Waals surface area contributed by atoms with Gasteiger partial charge in [0.1, 0.15) is 11.6 Å². The third-order valence-electron chi connectivity index (χ3n) is 4.03. The number of alkyl carbamates (subject to hydrolysis) is 1. The molecule has 1 fully saturated rings. The smallest absolute Gasteiger partial charge is 0.408 e. The Hall–Kier alpha value is -2.38. The first-order valence-electron chi connectivity index (χ1n) is 8.97. The summed E-state index contributed by atoms with van der Waals surface area (Å²) in [4.78, 5) is 37.3. The lowest BCUT2D eigenvalue weighted by Gasteiger charge is -2.37. The molecule has 1 atom stereocenters. The number of nitrogens with one attached hydrogen (secondary N) is 1. The van der Waals surface area contributed by atoms with E-state index in [1.807, 2.05) is 13.8 Å². The van der Waals surface area contributed by atoms with E-state index in [9.17, 15) is 9.59 Å². The van der Waals surface area contributed by atoms with E-state index in [0.29, 0.717) is 32.1 Å². The van der Waals surface area contributed by atoms with Crippen LogP contribution in [-0.4, -0.2) is 64.7 Å². The van der Waals surface area contributed by atoms with Crippen LogP contribution in [0.2, 0.25) is 0 Å². The SMILES string of the molecule is CC(C)C(NC(=O)OC(C)(C)C)C(=O)N1CCN(c2ncccn2)CC1. The first-order valence-corrected chi connectivity index (χ1v) is 8.97. The lowest BCUT2D eigenvalue weighted by Crippen LogP contribution is -2.57. The third kappa shape index (κ3) is 5.57. The number of rotatable bonds is 4. The standard InChI is InChI=1S/C18H29N5O3/c1-13(2)14(21-17(25)26-18(3,4)5)15(24)22-9-11-23(12-10-22)16-19-7-6-8-20-16/h6-8,13-14H,9-12H2,1-5H3,(H,21,25). The second-order valence-corrected chi connectivity index (χ2v) is 7.73. The average Bonchev–Trinajstić information content (AvgIpc) is 2.58. The summed E-state index contributed by atoms with van der Waals surface area (Å²) >= 11 is 0. The zero-order valence-electron chi connectivity index (χ0n) is 16.2. The largest absolute Gasteiger partial charge is 0.444 e. The van der Waals surface area contributed by atoms with Gasteiger partial charge in [-0.25, -0.2) is 14.8 Å². The Labute approximate surface area is 154 Å². The molecule has 2 amide bonds. The summed E-state index contributed by atoms with van der Waals surface area (Å²) in [7, 11) is 0. The quantitative estimate of drug-likeness (QED) is 0.876. The Morgan fingerprint density at radius 2 is 1.69 bits per heavy atom. The van der Waals surface area contributed by atoms with Crippen LogP contribution >= 0.6 is 0 Å². The molecule has 0 radical (unpaired) electrons. The monoisotopic (exact) mass is 363 g/mol. The van der Waals surface area contributed by atoms with Crippen LogP contribution in [0, 0.1) is 5.92 Å². The van der Waals surface area contributed by atoms with Crippen molar-refractivity contribution >= 4 is 17.9 Å². The first kappa shape index (κ1) is 19.9. The summed E-state index contributed by atoms with van der Waals surface area (Å²) in [6.07, 6.45) is 2.85. The van der Waals surface area contributed by atoms with Crippen molar-refractivity contribution in [2.45, 2.75) is 46.3 Å². The molecule has 144 valence electrons. The molecule has 0 aliphatic carbocycles. The van der Waals surface area contributed by atoms with Gasteiger partial charge in [-0.05, 0) is 32.8 Å². The number of anilines is 1. The molecule has 1 aromatic heterocycles. The molecule has 0 saturated carbocycles. The molecule has 1 saturated heterocycles. The average molecular weight is 363 g/mol. The number of carbonyl (C=O) groups excluding carboxylic acids is 2. The van der Waals surface area contributed by atoms with Gasteiger partial charge in [0.05, 0.1) is 0 Å². The van der Waals surface area contributed by atoms with Crippen LogP contribution in [0.25, 0.3) is 0 Å². The van der Waals surface area contributed by atoms with Gasteiger partial charge in [0.25, 0.3) is 0 Å². The molecular weight excluding hydrogens is 334 g/mol. The Morgan fingerprint density at radius 3 is 2.19 bits per heavy atom. The molecule has 1 aliphatic heterocycles. The Bertz CT molecular complexity index is 607. The summed E-state index contributed by atoms with van der Waals surface area (Å²) in [6, 6.07) is 1.17. The van der Waals surface area contributed by atoms with E-state index in [2.05, 4.69) is 20.2 Å². The van der Waals surface area contributed by atoms with E-state index >= 15 is 0 Å². The van der Waals surface area contributed by atoms with E-state index in [-0.39, 0.29) is 11.8 Å². The molecule has 1 aliphatic rings. The van der Waals surface area contributed by atoms with Crippen LogP contribution in [0.3, 0.4) is 0 Å². The summed E-state index contributed by atoms with van der Waals surface area (Å²) in [5.41, 5.74) is -0.601. The fourth-order valence-corrected chi connectivity index (χ4v) is 2.73. The van der Waals surface area contributed by atoms with Gasteiger partial charge in [-0.15, -0.1) is 0 Å².